The fourth-order valence-electron chi connectivity index (χ4n) is 5.03. The summed E-state index contributed by atoms with van der Waals surface area (Å²) in [7, 11) is 0. The van der Waals surface area contributed by atoms with Gasteiger partial charge in [-0.3, -0.25) is 9.59 Å². The quantitative estimate of drug-likeness (QED) is 0.594. The molecular formula is C24H32N2O6. The van der Waals surface area contributed by atoms with Crippen molar-refractivity contribution in [3.63, 3.8) is 0 Å². The summed E-state index contributed by atoms with van der Waals surface area (Å²) in [6, 6.07) is 5.70. The third-order valence-corrected chi connectivity index (χ3v) is 7.06. The number of aliphatic hydroxyl groups excluding tert-OH is 1. The van der Waals surface area contributed by atoms with E-state index < -0.39 is 6.10 Å². The van der Waals surface area contributed by atoms with Crippen LogP contribution in [0, 0.1) is 11.8 Å². The van der Waals surface area contributed by atoms with E-state index in [0.29, 0.717) is 25.6 Å². The molecule has 8 heteroatoms. The summed E-state index contributed by atoms with van der Waals surface area (Å²) in [6.07, 6.45) is 3.74. The molecule has 0 radical (unpaired) electrons. The molecule has 1 saturated carbocycles. The van der Waals surface area contributed by atoms with E-state index in [2.05, 4.69) is 10.6 Å². The number of rotatable bonds is 7. The van der Waals surface area contributed by atoms with Gasteiger partial charge in [-0.2, -0.15) is 0 Å². The lowest BCUT2D eigenvalue weighted by Crippen LogP contribution is -2.47. The highest BCUT2D eigenvalue weighted by Crippen LogP contribution is 2.47. The minimum atomic E-state index is -0.484. The van der Waals surface area contributed by atoms with Crippen LogP contribution in [0.2, 0.25) is 0 Å². The Balaban J connectivity index is 1.26. The van der Waals surface area contributed by atoms with Crippen LogP contribution in [0.3, 0.4) is 0 Å². The van der Waals surface area contributed by atoms with Crippen LogP contribution >= 0.6 is 0 Å². The summed E-state index contributed by atoms with van der Waals surface area (Å²) in [5.74, 6) is 1.39. The number of carbonyl (C=O) groups is 2. The van der Waals surface area contributed by atoms with Crippen molar-refractivity contribution in [3.8, 4) is 5.75 Å². The monoisotopic (exact) mass is 444 g/mol. The van der Waals surface area contributed by atoms with Crippen molar-refractivity contribution in [1.29, 1.82) is 0 Å². The Morgan fingerprint density at radius 1 is 1.12 bits per heavy atom. The van der Waals surface area contributed by atoms with Crippen molar-refractivity contribution >= 4 is 17.5 Å². The van der Waals surface area contributed by atoms with E-state index in [1.807, 2.05) is 18.2 Å². The zero-order valence-corrected chi connectivity index (χ0v) is 18.3. The lowest BCUT2D eigenvalue weighted by Gasteiger charge is -2.37. The second kappa shape index (κ2) is 9.37. The van der Waals surface area contributed by atoms with E-state index in [1.165, 1.54) is 12.8 Å². The number of aliphatic hydroxyl groups is 1. The average molecular weight is 445 g/mol. The highest BCUT2D eigenvalue weighted by molar-refractivity contribution is 5.92. The topological polar surface area (TPSA) is 106 Å². The summed E-state index contributed by atoms with van der Waals surface area (Å²) in [4.78, 5) is 25.0. The first kappa shape index (κ1) is 21.7. The highest BCUT2D eigenvalue weighted by atomic mass is 16.6. The molecule has 0 unspecified atom stereocenters. The Bertz CT molecular complexity index is 851. The maximum absolute atomic E-state index is 12.6. The number of amides is 2. The zero-order chi connectivity index (χ0) is 22.1. The van der Waals surface area contributed by atoms with Crippen LogP contribution in [0.1, 0.15) is 50.0 Å². The van der Waals surface area contributed by atoms with Gasteiger partial charge in [0.2, 0.25) is 11.8 Å². The van der Waals surface area contributed by atoms with Crippen molar-refractivity contribution < 1.29 is 28.9 Å². The molecule has 4 aliphatic rings. The Morgan fingerprint density at radius 2 is 1.94 bits per heavy atom. The lowest BCUT2D eigenvalue weighted by atomic mass is 9.84. The number of ether oxygens (including phenoxy) is 3. The predicted molar refractivity (Wildman–Crippen MR) is 116 cm³/mol. The molecule has 32 heavy (non-hydrogen) atoms. The van der Waals surface area contributed by atoms with E-state index in [1.54, 1.807) is 0 Å². The minimum absolute atomic E-state index is 0.00588. The van der Waals surface area contributed by atoms with E-state index >= 15 is 0 Å². The summed E-state index contributed by atoms with van der Waals surface area (Å²) < 4.78 is 17.5. The largest absolute Gasteiger partial charge is 0.487 e. The number of hydrogen-bond acceptors (Lipinski definition) is 6. The predicted octanol–water partition coefficient (Wildman–Crippen LogP) is 1.96. The lowest BCUT2D eigenvalue weighted by molar-refractivity contribution is -0.142. The molecule has 5 rings (SSSR count). The molecule has 174 valence electrons. The number of hydrogen-bond donors (Lipinski definition) is 3. The van der Waals surface area contributed by atoms with Crippen molar-refractivity contribution in [3.05, 3.63) is 23.8 Å². The van der Waals surface area contributed by atoms with E-state index in [-0.39, 0.29) is 48.9 Å². The van der Waals surface area contributed by atoms with Gasteiger partial charge in [0.1, 0.15) is 18.0 Å². The Labute approximate surface area is 188 Å². The molecule has 0 aromatic heterocycles. The van der Waals surface area contributed by atoms with Crippen molar-refractivity contribution in [2.45, 2.75) is 62.8 Å². The van der Waals surface area contributed by atoms with Gasteiger partial charge in [0.05, 0.1) is 19.1 Å². The summed E-state index contributed by atoms with van der Waals surface area (Å²) >= 11 is 0. The Morgan fingerprint density at radius 3 is 2.69 bits per heavy atom. The van der Waals surface area contributed by atoms with Gasteiger partial charge < -0.3 is 30.0 Å². The average Bonchev–Trinajstić information content (AvgIpc) is 3.58. The van der Waals surface area contributed by atoms with E-state index in [0.717, 1.165) is 36.4 Å². The molecule has 0 bridgehead atoms. The van der Waals surface area contributed by atoms with Gasteiger partial charge in [0.15, 0.2) is 0 Å². The van der Waals surface area contributed by atoms with Crippen LogP contribution in [0.25, 0.3) is 0 Å². The first-order valence-corrected chi connectivity index (χ1v) is 11.8. The molecule has 0 spiro atoms. The number of anilines is 1. The standard InChI is InChI=1S/C24H32N2O6/c27-13-21-23-19(10-17(31-21)11-22(28)25-12-14-1-2-14)18-9-16(3-4-20(18)32-23)26-24(29)15-5-7-30-8-6-15/h3-4,9,14-15,17,19,21,23,27H,1-2,5-8,10-13H2,(H,25,28)(H,26,29)/t17-,19-,21+,23+/m1/s1. The van der Waals surface area contributed by atoms with E-state index in [9.17, 15) is 14.7 Å². The number of nitrogens with one attached hydrogen (secondary N) is 2. The Hall–Kier alpha value is -2.16. The van der Waals surface area contributed by atoms with Crippen LogP contribution in [0.15, 0.2) is 18.2 Å². The fourth-order valence-corrected chi connectivity index (χ4v) is 5.03. The molecule has 1 aromatic carbocycles. The Kier molecular flexibility index (Phi) is 6.35. The molecule has 8 nitrogen and oxygen atoms in total. The number of benzene rings is 1. The number of carbonyl (C=O) groups excluding carboxylic acids is 2. The van der Waals surface area contributed by atoms with E-state index in [4.69, 9.17) is 14.2 Å². The van der Waals surface area contributed by atoms with Gasteiger partial charge in [0, 0.05) is 42.8 Å². The second-order valence-corrected chi connectivity index (χ2v) is 9.48. The van der Waals surface area contributed by atoms with Gasteiger partial charge in [-0.05, 0) is 56.2 Å². The molecule has 3 fully saturated rings. The molecule has 2 saturated heterocycles. The summed E-state index contributed by atoms with van der Waals surface area (Å²) in [5, 5.41) is 15.9. The van der Waals surface area contributed by atoms with Crippen molar-refractivity contribution in [1.82, 2.24) is 5.32 Å². The molecule has 2 amide bonds. The molecule has 1 aromatic rings. The second-order valence-electron chi connectivity index (χ2n) is 9.48. The zero-order valence-electron chi connectivity index (χ0n) is 18.3. The molecule has 3 N–H and O–H groups in total. The van der Waals surface area contributed by atoms with Crippen molar-refractivity contribution in [2.24, 2.45) is 11.8 Å². The summed E-state index contributed by atoms with van der Waals surface area (Å²) in [5.41, 5.74) is 1.75. The SMILES string of the molecule is O=C(C[C@H]1C[C@@H]2c3cc(NC(=O)C4CCOCC4)ccc3O[C@@H]2[C@H](CO)O1)NCC1CC1. The van der Waals surface area contributed by atoms with Gasteiger partial charge in [0.25, 0.3) is 0 Å². The minimum Gasteiger partial charge on any atom is -0.487 e. The molecule has 3 aliphatic heterocycles. The van der Waals surface area contributed by atoms with Crippen molar-refractivity contribution in [2.75, 3.05) is 31.7 Å². The van der Waals surface area contributed by atoms with Crippen LogP contribution in [-0.2, 0) is 19.1 Å². The molecule has 3 heterocycles. The summed E-state index contributed by atoms with van der Waals surface area (Å²) in [6.45, 7) is 1.82. The van der Waals surface area contributed by atoms with Crippen LogP contribution in [-0.4, -0.2) is 61.6 Å². The van der Waals surface area contributed by atoms with Gasteiger partial charge >= 0.3 is 0 Å². The molecular weight excluding hydrogens is 412 g/mol. The van der Waals surface area contributed by atoms with Crippen LogP contribution < -0.4 is 15.4 Å². The maximum atomic E-state index is 12.6. The normalized spacial score (nSPS) is 29.5. The van der Waals surface area contributed by atoms with Gasteiger partial charge in [-0.25, -0.2) is 0 Å². The molecule has 1 aliphatic carbocycles. The smallest absolute Gasteiger partial charge is 0.227 e. The van der Waals surface area contributed by atoms with Gasteiger partial charge in [-0.15, -0.1) is 0 Å². The fraction of sp³-hybridized carbons (Fsp3) is 0.667. The molecule has 4 atom stereocenters. The van der Waals surface area contributed by atoms with Gasteiger partial charge in [-0.1, -0.05) is 0 Å². The highest BCUT2D eigenvalue weighted by Gasteiger charge is 2.46. The first-order chi connectivity index (χ1) is 15.6. The maximum Gasteiger partial charge on any atom is 0.227 e. The van der Waals surface area contributed by atoms with Crippen LogP contribution in [0.5, 0.6) is 5.75 Å². The van der Waals surface area contributed by atoms with Crippen LogP contribution in [0.4, 0.5) is 5.69 Å². The first-order valence-electron chi connectivity index (χ1n) is 11.8. The third kappa shape index (κ3) is 4.77. The third-order valence-electron chi connectivity index (χ3n) is 7.06. The number of fused-ring (bicyclic) bond motifs is 3.